The number of fused-ring (bicyclic) bond motifs is 1. The van der Waals surface area contributed by atoms with Crippen LogP contribution in [-0.2, 0) is 6.42 Å². The number of anilines is 1. The third-order valence-corrected chi connectivity index (χ3v) is 5.84. The minimum Gasteiger partial charge on any atom is -0.435 e. The smallest absolute Gasteiger partial charge is 0.387 e. The number of benzene rings is 1. The van der Waals surface area contributed by atoms with Gasteiger partial charge in [-0.3, -0.25) is 9.38 Å². The first-order chi connectivity index (χ1) is 16.1. The molecule has 7 nitrogen and oxygen atoms in total. The van der Waals surface area contributed by atoms with Crippen molar-refractivity contribution in [2.75, 3.05) is 31.1 Å². The Kier molecular flexibility index (Phi) is 5.87. The number of pyridine rings is 1. The van der Waals surface area contributed by atoms with Gasteiger partial charge in [-0.1, -0.05) is 18.2 Å². The highest BCUT2D eigenvalue weighted by atomic mass is 19.3. The van der Waals surface area contributed by atoms with Crippen molar-refractivity contribution in [2.45, 2.75) is 20.0 Å². The van der Waals surface area contributed by atoms with Gasteiger partial charge in [-0.05, 0) is 25.1 Å². The van der Waals surface area contributed by atoms with E-state index in [4.69, 9.17) is 4.74 Å². The van der Waals surface area contributed by atoms with Crippen molar-refractivity contribution >= 4 is 11.5 Å². The molecule has 1 aromatic carbocycles. The number of nitrogens with one attached hydrogen (secondary N) is 1. The van der Waals surface area contributed by atoms with Crippen molar-refractivity contribution in [3.05, 3.63) is 71.9 Å². The van der Waals surface area contributed by atoms with Gasteiger partial charge >= 0.3 is 6.61 Å². The van der Waals surface area contributed by atoms with E-state index in [1.54, 1.807) is 24.4 Å². The van der Waals surface area contributed by atoms with Crippen molar-refractivity contribution in [3.8, 4) is 17.0 Å². The van der Waals surface area contributed by atoms with Crippen LogP contribution in [0, 0.1) is 6.92 Å². The average Bonchev–Trinajstić information content (AvgIpc) is 3.15. The molecule has 1 N–H and O–H groups in total. The number of ether oxygens (including phenoxy) is 1. The van der Waals surface area contributed by atoms with Crippen molar-refractivity contribution < 1.29 is 13.5 Å². The summed E-state index contributed by atoms with van der Waals surface area (Å²) in [5, 5.41) is 3.34. The van der Waals surface area contributed by atoms with Gasteiger partial charge < -0.3 is 15.0 Å². The molecule has 1 aliphatic rings. The Morgan fingerprint density at radius 2 is 1.88 bits per heavy atom. The molecule has 0 radical (unpaired) electrons. The summed E-state index contributed by atoms with van der Waals surface area (Å²) < 4.78 is 32.3. The van der Waals surface area contributed by atoms with Gasteiger partial charge in [0.05, 0.1) is 23.3 Å². The first kappa shape index (κ1) is 21.3. The molecule has 9 heteroatoms. The molecule has 1 aliphatic heterocycles. The lowest BCUT2D eigenvalue weighted by atomic mass is 10.1. The summed E-state index contributed by atoms with van der Waals surface area (Å²) in [6.07, 6.45) is 5.88. The number of alkyl halides is 2. The maximum Gasteiger partial charge on any atom is 0.387 e. The average molecular weight is 450 g/mol. The number of piperazine rings is 1. The Bertz CT molecular complexity index is 1250. The quantitative estimate of drug-likeness (QED) is 0.483. The monoisotopic (exact) mass is 450 g/mol. The molecule has 0 atom stereocenters. The summed E-state index contributed by atoms with van der Waals surface area (Å²) in [7, 11) is 0. The van der Waals surface area contributed by atoms with E-state index in [2.05, 4.69) is 25.2 Å². The summed E-state index contributed by atoms with van der Waals surface area (Å²) in [5.41, 5.74) is 4.73. The minimum atomic E-state index is -2.87. The summed E-state index contributed by atoms with van der Waals surface area (Å²) in [5.74, 6) is 1.12. The largest absolute Gasteiger partial charge is 0.435 e. The Balaban J connectivity index is 1.46. The van der Waals surface area contributed by atoms with Crippen LogP contribution in [0.5, 0.6) is 5.75 Å². The zero-order valence-corrected chi connectivity index (χ0v) is 18.2. The standard InChI is InChI=1S/C24H24F2N6O/c1-16-20(12-17-4-2-3-5-21(17)33-24(25)26)32-15-19(28-14-23(32)30-16)18-6-7-22(29-13-18)31-10-8-27-9-11-31/h2-7,13-15,24,27H,8-12H2,1H3. The fraction of sp³-hybridized carbons (Fsp3) is 0.292. The zero-order valence-electron chi connectivity index (χ0n) is 18.2. The van der Waals surface area contributed by atoms with Crippen LogP contribution in [-0.4, -0.2) is 52.1 Å². The van der Waals surface area contributed by atoms with Gasteiger partial charge in [0, 0.05) is 56.1 Å². The van der Waals surface area contributed by atoms with E-state index in [9.17, 15) is 8.78 Å². The molecule has 4 aromatic rings. The number of halogens is 2. The number of para-hydroxylation sites is 1. The van der Waals surface area contributed by atoms with Crippen LogP contribution in [0.3, 0.4) is 0 Å². The summed E-state index contributed by atoms with van der Waals surface area (Å²) in [4.78, 5) is 16.1. The second-order valence-electron chi connectivity index (χ2n) is 7.95. The van der Waals surface area contributed by atoms with Crippen LogP contribution in [0.15, 0.2) is 55.0 Å². The molecule has 0 amide bonds. The van der Waals surface area contributed by atoms with Gasteiger partial charge in [0.15, 0.2) is 5.65 Å². The molecule has 33 heavy (non-hydrogen) atoms. The van der Waals surface area contributed by atoms with Gasteiger partial charge in [0.2, 0.25) is 0 Å². The molecule has 0 aliphatic carbocycles. The second-order valence-corrected chi connectivity index (χ2v) is 7.95. The second kappa shape index (κ2) is 9.11. The summed E-state index contributed by atoms with van der Waals surface area (Å²) in [6.45, 7) is 2.81. The third-order valence-electron chi connectivity index (χ3n) is 5.84. The molecule has 5 rings (SSSR count). The first-order valence-electron chi connectivity index (χ1n) is 10.9. The van der Waals surface area contributed by atoms with Gasteiger partial charge in [-0.15, -0.1) is 0 Å². The number of aromatic nitrogens is 4. The lowest BCUT2D eigenvalue weighted by Gasteiger charge is -2.28. The lowest BCUT2D eigenvalue weighted by Crippen LogP contribution is -2.43. The highest BCUT2D eigenvalue weighted by Gasteiger charge is 2.16. The van der Waals surface area contributed by atoms with Crippen LogP contribution in [0.2, 0.25) is 0 Å². The van der Waals surface area contributed by atoms with E-state index in [1.165, 1.54) is 0 Å². The van der Waals surface area contributed by atoms with Crippen LogP contribution in [0.1, 0.15) is 17.0 Å². The molecular weight excluding hydrogens is 426 g/mol. The molecule has 4 heterocycles. The van der Waals surface area contributed by atoms with Gasteiger partial charge in [0.1, 0.15) is 11.6 Å². The van der Waals surface area contributed by atoms with Gasteiger partial charge in [-0.2, -0.15) is 8.78 Å². The van der Waals surface area contributed by atoms with E-state index in [0.717, 1.165) is 54.6 Å². The molecule has 170 valence electrons. The van der Waals surface area contributed by atoms with Crippen LogP contribution in [0.25, 0.3) is 16.9 Å². The molecule has 0 saturated carbocycles. The predicted octanol–water partition coefficient (Wildman–Crippen LogP) is 3.70. The van der Waals surface area contributed by atoms with E-state index < -0.39 is 6.61 Å². The summed E-state index contributed by atoms with van der Waals surface area (Å²) in [6, 6.07) is 10.9. The zero-order chi connectivity index (χ0) is 22.8. The molecule has 3 aromatic heterocycles. The topological polar surface area (TPSA) is 67.6 Å². The van der Waals surface area contributed by atoms with Crippen molar-refractivity contribution in [1.29, 1.82) is 0 Å². The Hall–Kier alpha value is -3.59. The molecule has 0 spiro atoms. The number of hydrogen-bond acceptors (Lipinski definition) is 6. The number of nitrogens with zero attached hydrogens (tertiary/aromatic N) is 5. The van der Waals surface area contributed by atoms with E-state index in [-0.39, 0.29) is 5.75 Å². The Labute approximate surface area is 190 Å². The third kappa shape index (κ3) is 4.49. The maximum absolute atomic E-state index is 12.8. The van der Waals surface area contributed by atoms with E-state index in [0.29, 0.717) is 17.6 Å². The Morgan fingerprint density at radius 1 is 1.06 bits per heavy atom. The first-order valence-corrected chi connectivity index (χ1v) is 10.9. The fourth-order valence-corrected chi connectivity index (χ4v) is 4.14. The fourth-order valence-electron chi connectivity index (χ4n) is 4.14. The minimum absolute atomic E-state index is 0.170. The number of rotatable bonds is 6. The summed E-state index contributed by atoms with van der Waals surface area (Å²) >= 11 is 0. The SMILES string of the molecule is Cc1nc2cnc(-c3ccc(N4CCNCC4)nc3)cn2c1Cc1ccccc1OC(F)F. The van der Waals surface area contributed by atoms with Gasteiger partial charge in [-0.25, -0.2) is 9.97 Å². The van der Waals surface area contributed by atoms with Crippen LogP contribution >= 0.6 is 0 Å². The molecule has 0 bridgehead atoms. The van der Waals surface area contributed by atoms with E-state index >= 15 is 0 Å². The maximum atomic E-state index is 12.8. The highest BCUT2D eigenvalue weighted by molar-refractivity contribution is 5.61. The van der Waals surface area contributed by atoms with Gasteiger partial charge in [0.25, 0.3) is 0 Å². The van der Waals surface area contributed by atoms with E-state index in [1.807, 2.05) is 41.9 Å². The van der Waals surface area contributed by atoms with Crippen molar-refractivity contribution in [2.24, 2.45) is 0 Å². The van der Waals surface area contributed by atoms with Crippen molar-refractivity contribution in [1.82, 2.24) is 24.7 Å². The molecule has 0 unspecified atom stereocenters. The normalized spacial score (nSPS) is 14.2. The van der Waals surface area contributed by atoms with Crippen molar-refractivity contribution in [3.63, 3.8) is 0 Å². The highest BCUT2D eigenvalue weighted by Crippen LogP contribution is 2.26. The van der Waals surface area contributed by atoms with Crippen LogP contribution in [0.4, 0.5) is 14.6 Å². The van der Waals surface area contributed by atoms with Crippen LogP contribution < -0.4 is 15.0 Å². The molecule has 1 fully saturated rings. The number of hydrogen-bond donors (Lipinski definition) is 1. The predicted molar refractivity (Wildman–Crippen MR) is 122 cm³/mol. The number of imidazole rings is 1. The molecule has 1 saturated heterocycles. The lowest BCUT2D eigenvalue weighted by molar-refractivity contribution is -0.0503. The Morgan fingerprint density at radius 3 is 2.64 bits per heavy atom. The molecular formula is C24H24F2N6O. The number of aryl methyl sites for hydroxylation is 1.